The van der Waals surface area contributed by atoms with E-state index in [1.807, 2.05) is 35.0 Å². The van der Waals surface area contributed by atoms with Gasteiger partial charge in [-0.3, -0.25) is 19.3 Å². The van der Waals surface area contributed by atoms with Gasteiger partial charge in [0.1, 0.15) is 0 Å². The first-order valence-corrected chi connectivity index (χ1v) is 9.69. The third-order valence-corrected chi connectivity index (χ3v) is 5.33. The summed E-state index contributed by atoms with van der Waals surface area (Å²) in [5, 5.41) is 7.39. The van der Waals surface area contributed by atoms with E-state index in [9.17, 15) is 9.59 Å². The molecule has 0 unspecified atom stereocenters. The van der Waals surface area contributed by atoms with E-state index in [0.29, 0.717) is 24.1 Å². The van der Waals surface area contributed by atoms with Crippen LogP contribution in [0.3, 0.4) is 0 Å². The van der Waals surface area contributed by atoms with E-state index in [1.165, 1.54) is 0 Å². The van der Waals surface area contributed by atoms with Gasteiger partial charge in [-0.15, -0.1) is 0 Å². The lowest BCUT2D eigenvalue weighted by molar-refractivity contribution is 0.0941. The van der Waals surface area contributed by atoms with Crippen LogP contribution in [0, 0.1) is 5.92 Å². The zero-order valence-electron chi connectivity index (χ0n) is 16.3. The molecule has 0 fully saturated rings. The fraction of sp³-hybridized carbons (Fsp3) is 0.273. The van der Waals surface area contributed by atoms with Crippen molar-refractivity contribution in [3.8, 4) is 0 Å². The van der Waals surface area contributed by atoms with Crippen LogP contribution in [0.1, 0.15) is 32.8 Å². The molecular weight excluding hydrogens is 366 g/mol. The largest absolute Gasteiger partial charge is 0.352 e. The van der Waals surface area contributed by atoms with E-state index in [4.69, 9.17) is 0 Å². The summed E-state index contributed by atoms with van der Waals surface area (Å²) in [6, 6.07) is 13.0. The second kappa shape index (κ2) is 8.26. The van der Waals surface area contributed by atoms with Crippen LogP contribution in [0.2, 0.25) is 0 Å². The molecule has 7 nitrogen and oxygen atoms in total. The lowest BCUT2D eigenvalue weighted by Crippen LogP contribution is -2.34. The highest BCUT2D eigenvalue weighted by Crippen LogP contribution is 2.25. The van der Waals surface area contributed by atoms with E-state index >= 15 is 0 Å². The van der Waals surface area contributed by atoms with Crippen molar-refractivity contribution < 1.29 is 9.59 Å². The summed E-state index contributed by atoms with van der Waals surface area (Å²) in [4.78, 5) is 30.9. The number of fused-ring (bicyclic) bond motifs is 1. The first-order valence-electron chi connectivity index (χ1n) is 9.69. The number of nitrogens with one attached hydrogen (secondary N) is 1. The van der Waals surface area contributed by atoms with Crippen LogP contribution in [0.25, 0.3) is 0 Å². The molecular formula is C22H23N5O2. The molecule has 4 rings (SSSR count). The molecule has 148 valence electrons. The summed E-state index contributed by atoms with van der Waals surface area (Å²) in [5.74, 6) is 0.0585. The quantitative estimate of drug-likeness (QED) is 0.727. The molecule has 0 bridgehead atoms. The van der Waals surface area contributed by atoms with Crippen LogP contribution in [-0.4, -0.2) is 40.2 Å². The van der Waals surface area contributed by atoms with Crippen LogP contribution in [0.4, 0.5) is 5.69 Å². The van der Waals surface area contributed by atoms with Crippen LogP contribution < -0.4 is 10.2 Å². The van der Waals surface area contributed by atoms with Crippen molar-refractivity contribution >= 4 is 17.5 Å². The highest BCUT2D eigenvalue weighted by Gasteiger charge is 2.27. The molecule has 2 amide bonds. The fourth-order valence-corrected chi connectivity index (χ4v) is 3.64. The monoisotopic (exact) mass is 389 g/mol. The minimum Gasteiger partial charge on any atom is -0.352 e. The highest BCUT2D eigenvalue weighted by molar-refractivity contribution is 6.06. The fourth-order valence-electron chi connectivity index (χ4n) is 3.64. The normalized spacial score (nSPS) is 15.4. The number of aromatic nitrogens is 3. The third kappa shape index (κ3) is 4.03. The van der Waals surface area contributed by atoms with Crippen molar-refractivity contribution in [2.45, 2.75) is 19.4 Å². The zero-order valence-corrected chi connectivity index (χ0v) is 16.3. The van der Waals surface area contributed by atoms with Gasteiger partial charge in [-0.2, -0.15) is 5.10 Å². The topological polar surface area (TPSA) is 80.1 Å². The summed E-state index contributed by atoms with van der Waals surface area (Å²) in [7, 11) is 1.77. The minimum absolute atomic E-state index is 0.0718. The standard InChI is InChI=1S/C22H23N5O2/c1-26(18-7-3-2-4-8-18)22(29)19-15-25-27-11-9-16(12-20(19)27)13-24-21(28)17-6-5-10-23-14-17/h2-8,10,14-16H,9,11-13H2,1H3,(H,24,28)/t16-/m0/s1. The number of hydrogen-bond acceptors (Lipinski definition) is 4. The molecule has 1 aliphatic rings. The van der Waals surface area contributed by atoms with Gasteiger partial charge in [0.15, 0.2) is 0 Å². The summed E-state index contributed by atoms with van der Waals surface area (Å²) >= 11 is 0. The van der Waals surface area contributed by atoms with Gasteiger partial charge in [-0.25, -0.2) is 0 Å². The molecule has 1 N–H and O–H groups in total. The summed E-state index contributed by atoms with van der Waals surface area (Å²) < 4.78 is 1.91. The number of para-hydroxylation sites is 1. The van der Waals surface area contributed by atoms with E-state index in [2.05, 4.69) is 15.4 Å². The molecule has 3 aromatic rings. The first-order chi connectivity index (χ1) is 14.1. The average Bonchev–Trinajstić information content (AvgIpc) is 3.21. The van der Waals surface area contributed by atoms with Crippen molar-refractivity contribution in [2.75, 3.05) is 18.5 Å². The van der Waals surface area contributed by atoms with E-state index in [1.54, 1.807) is 42.7 Å². The predicted molar refractivity (Wildman–Crippen MR) is 110 cm³/mol. The molecule has 3 heterocycles. The maximum atomic E-state index is 13.0. The van der Waals surface area contributed by atoms with Gasteiger partial charge in [0.2, 0.25) is 0 Å². The van der Waals surface area contributed by atoms with Crippen LogP contribution in [0.15, 0.2) is 61.1 Å². The van der Waals surface area contributed by atoms with Crippen molar-refractivity contribution in [1.82, 2.24) is 20.1 Å². The smallest absolute Gasteiger partial charge is 0.261 e. The van der Waals surface area contributed by atoms with Crippen LogP contribution in [0.5, 0.6) is 0 Å². The Labute approximate surface area is 169 Å². The molecule has 0 saturated heterocycles. The second-order valence-corrected chi connectivity index (χ2v) is 7.24. The molecule has 29 heavy (non-hydrogen) atoms. The molecule has 1 aliphatic heterocycles. The first kappa shape index (κ1) is 18.9. The molecule has 7 heteroatoms. The molecule has 1 atom stereocenters. The Bertz CT molecular complexity index is 1000. The van der Waals surface area contributed by atoms with Gasteiger partial charge >= 0.3 is 0 Å². The van der Waals surface area contributed by atoms with Gasteiger partial charge in [0.05, 0.1) is 23.0 Å². The van der Waals surface area contributed by atoms with Gasteiger partial charge in [0, 0.05) is 38.2 Å². The van der Waals surface area contributed by atoms with Gasteiger partial charge in [0.25, 0.3) is 11.8 Å². The Morgan fingerprint density at radius 1 is 1.17 bits per heavy atom. The third-order valence-electron chi connectivity index (χ3n) is 5.33. The minimum atomic E-state index is -0.128. The number of pyridine rings is 1. The molecule has 2 aromatic heterocycles. The number of carbonyl (C=O) groups is 2. The molecule has 1 aromatic carbocycles. The van der Waals surface area contributed by atoms with E-state index in [0.717, 1.165) is 24.3 Å². The molecule has 0 aliphatic carbocycles. The van der Waals surface area contributed by atoms with Crippen LogP contribution >= 0.6 is 0 Å². The van der Waals surface area contributed by atoms with E-state index in [-0.39, 0.29) is 17.7 Å². The SMILES string of the molecule is CN(C(=O)c1cnn2c1C[C@@H](CNC(=O)c1cccnc1)CC2)c1ccccc1. The van der Waals surface area contributed by atoms with Crippen molar-refractivity contribution in [3.05, 3.63) is 77.9 Å². The average molecular weight is 389 g/mol. The number of anilines is 1. The van der Waals surface area contributed by atoms with E-state index < -0.39 is 0 Å². The summed E-state index contributed by atoms with van der Waals surface area (Å²) in [6.07, 6.45) is 6.47. The number of aryl methyl sites for hydroxylation is 1. The van der Waals surface area contributed by atoms with Crippen molar-refractivity contribution in [1.29, 1.82) is 0 Å². The Morgan fingerprint density at radius 3 is 2.76 bits per heavy atom. The van der Waals surface area contributed by atoms with Gasteiger partial charge in [-0.1, -0.05) is 18.2 Å². The Kier molecular flexibility index (Phi) is 5.37. The predicted octanol–water partition coefficient (Wildman–Crippen LogP) is 2.55. The molecule has 0 spiro atoms. The lowest BCUT2D eigenvalue weighted by atomic mass is 9.94. The Balaban J connectivity index is 1.43. The number of carbonyl (C=O) groups excluding carboxylic acids is 2. The number of rotatable bonds is 5. The number of nitrogens with zero attached hydrogens (tertiary/aromatic N) is 4. The lowest BCUT2D eigenvalue weighted by Gasteiger charge is -2.25. The molecule has 0 saturated carbocycles. The summed E-state index contributed by atoms with van der Waals surface area (Å²) in [6.45, 7) is 1.30. The molecule has 0 radical (unpaired) electrons. The maximum absolute atomic E-state index is 13.0. The van der Waals surface area contributed by atoms with Crippen molar-refractivity contribution in [3.63, 3.8) is 0 Å². The summed E-state index contributed by atoms with van der Waals surface area (Å²) in [5.41, 5.74) is 2.95. The Hall–Kier alpha value is -3.48. The van der Waals surface area contributed by atoms with Crippen LogP contribution in [-0.2, 0) is 13.0 Å². The van der Waals surface area contributed by atoms with Gasteiger partial charge < -0.3 is 10.2 Å². The van der Waals surface area contributed by atoms with Crippen molar-refractivity contribution in [2.24, 2.45) is 5.92 Å². The number of hydrogen-bond donors (Lipinski definition) is 1. The number of amides is 2. The maximum Gasteiger partial charge on any atom is 0.261 e. The Morgan fingerprint density at radius 2 is 2.00 bits per heavy atom. The zero-order chi connectivity index (χ0) is 20.2. The van der Waals surface area contributed by atoms with Gasteiger partial charge in [-0.05, 0) is 43.0 Å². The number of benzene rings is 1. The second-order valence-electron chi connectivity index (χ2n) is 7.24. The highest BCUT2D eigenvalue weighted by atomic mass is 16.2.